The number of nitrogens with one attached hydrogen (secondary N) is 2. The van der Waals surface area contributed by atoms with Crippen LogP contribution in [0.1, 0.15) is 41.7 Å². The normalized spacial score (nSPS) is 19.2. The predicted molar refractivity (Wildman–Crippen MR) is 97.8 cm³/mol. The lowest BCUT2D eigenvalue weighted by Crippen LogP contribution is -2.40. The van der Waals surface area contributed by atoms with Gasteiger partial charge >= 0.3 is 6.18 Å². The summed E-state index contributed by atoms with van der Waals surface area (Å²) in [5.41, 5.74) is -0.992. The molecule has 2 aromatic rings. The van der Waals surface area contributed by atoms with Crippen molar-refractivity contribution in [3.05, 3.63) is 53.4 Å². The topological polar surface area (TPSA) is 66.9 Å². The molecule has 5 nitrogen and oxygen atoms in total. The average molecular weight is 437 g/mol. The molecule has 1 aliphatic carbocycles. The molecule has 158 valence electrons. The van der Waals surface area contributed by atoms with Crippen molar-refractivity contribution < 1.29 is 26.7 Å². The Morgan fingerprint density at radius 3 is 2.28 bits per heavy atom. The summed E-state index contributed by atoms with van der Waals surface area (Å²) in [5.74, 6) is -2.72. The number of aromatic nitrogens is 2. The van der Waals surface area contributed by atoms with Gasteiger partial charge < -0.3 is 10.6 Å². The van der Waals surface area contributed by atoms with Crippen molar-refractivity contribution in [3.8, 4) is 0 Å². The molecule has 0 unspecified atom stereocenters. The molecule has 29 heavy (non-hydrogen) atoms. The van der Waals surface area contributed by atoms with Crippen LogP contribution in [0.5, 0.6) is 0 Å². The van der Waals surface area contributed by atoms with Crippen LogP contribution in [0.15, 0.2) is 30.5 Å². The minimum Gasteiger partial charge on any atom is -0.351 e. The first-order chi connectivity index (χ1) is 13.2. The second-order valence-corrected chi connectivity index (χ2v) is 6.56. The lowest BCUT2D eigenvalue weighted by atomic mass is 9.91. The smallest absolute Gasteiger partial charge is 0.351 e. The fraction of sp³-hybridized carbons (Fsp3) is 0.389. The zero-order chi connectivity index (χ0) is 20.3. The Balaban J connectivity index is 0.00000300. The van der Waals surface area contributed by atoms with E-state index in [-0.39, 0.29) is 36.0 Å². The van der Waals surface area contributed by atoms with Crippen LogP contribution in [0.25, 0.3) is 0 Å². The summed E-state index contributed by atoms with van der Waals surface area (Å²) in [6, 6.07) is 3.44. The number of carbonyl (C=O) groups is 1. The number of hydrogen-bond acceptors (Lipinski definition) is 4. The number of hydrogen-bond donors (Lipinski definition) is 2. The summed E-state index contributed by atoms with van der Waals surface area (Å²) < 4.78 is 64.3. The summed E-state index contributed by atoms with van der Waals surface area (Å²) in [7, 11) is 0. The molecule has 1 fully saturated rings. The van der Waals surface area contributed by atoms with Crippen molar-refractivity contribution in [1.29, 1.82) is 0 Å². The highest BCUT2D eigenvalue weighted by molar-refractivity contribution is 5.94. The Morgan fingerprint density at radius 1 is 1.00 bits per heavy atom. The summed E-state index contributed by atoms with van der Waals surface area (Å²) in [6.45, 7) is 0. The van der Waals surface area contributed by atoms with Crippen molar-refractivity contribution in [2.45, 2.75) is 43.9 Å². The van der Waals surface area contributed by atoms with Crippen LogP contribution in [0.2, 0.25) is 0 Å². The maximum absolute atomic E-state index is 13.2. The molecule has 0 aliphatic heterocycles. The van der Waals surface area contributed by atoms with Gasteiger partial charge in [0, 0.05) is 23.8 Å². The van der Waals surface area contributed by atoms with Crippen LogP contribution in [0, 0.1) is 11.6 Å². The van der Waals surface area contributed by atoms with Crippen LogP contribution in [-0.4, -0.2) is 28.0 Å². The number of nitrogens with zero attached hydrogens (tertiary/aromatic N) is 2. The molecular formula is C18H18ClF5N4O. The molecular weight excluding hydrogens is 419 g/mol. The predicted octanol–water partition coefficient (Wildman–Crippen LogP) is 4.35. The summed E-state index contributed by atoms with van der Waals surface area (Å²) >= 11 is 0. The highest BCUT2D eigenvalue weighted by atomic mass is 35.5. The maximum atomic E-state index is 13.2. The second kappa shape index (κ2) is 9.34. The summed E-state index contributed by atoms with van der Waals surface area (Å²) in [6.07, 6.45) is -1.17. The Labute approximate surface area is 169 Å². The SMILES string of the molecule is Cl.O=C(N[C@H]1CC[C@@H](Nc2nccc(C(F)(F)F)n2)CC1)c1ccc(F)c(F)c1. The first-order valence-corrected chi connectivity index (χ1v) is 8.65. The molecule has 2 N–H and O–H groups in total. The monoisotopic (exact) mass is 436 g/mol. The minimum absolute atomic E-state index is 0. The zero-order valence-electron chi connectivity index (χ0n) is 15.0. The zero-order valence-corrected chi connectivity index (χ0v) is 15.8. The van der Waals surface area contributed by atoms with Gasteiger partial charge in [0.25, 0.3) is 5.91 Å². The van der Waals surface area contributed by atoms with E-state index < -0.39 is 29.4 Å². The van der Waals surface area contributed by atoms with E-state index in [1.54, 1.807) is 0 Å². The lowest BCUT2D eigenvalue weighted by molar-refractivity contribution is -0.141. The molecule has 3 rings (SSSR count). The van der Waals surface area contributed by atoms with Crippen LogP contribution in [-0.2, 0) is 6.18 Å². The van der Waals surface area contributed by atoms with Gasteiger partial charge in [-0.05, 0) is 49.9 Å². The Hall–Kier alpha value is -2.49. The first-order valence-electron chi connectivity index (χ1n) is 8.65. The fourth-order valence-corrected chi connectivity index (χ4v) is 3.06. The Bertz CT molecular complexity index is 856. The van der Waals surface area contributed by atoms with Gasteiger partial charge in [-0.15, -0.1) is 12.4 Å². The number of rotatable bonds is 4. The fourth-order valence-electron chi connectivity index (χ4n) is 3.06. The third kappa shape index (κ3) is 5.99. The third-order valence-corrected chi connectivity index (χ3v) is 4.52. The van der Waals surface area contributed by atoms with Gasteiger partial charge in [0.05, 0.1) is 0 Å². The number of alkyl halides is 3. The van der Waals surface area contributed by atoms with E-state index in [1.165, 1.54) is 6.07 Å². The molecule has 0 saturated heterocycles. The van der Waals surface area contributed by atoms with Gasteiger partial charge in [0.15, 0.2) is 11.6 Å². The van der Waals surface area contributed by atoms with Crippen molar-refractivity contribution in [2.24, 2.45) is 0 Å². The molecule has 1 aromatic heterocycles. The standard InChI is InChI=1S/C18H17F5N4O.ClH/c19-13-6-1-10(9-14(13)20)16(28)25-11-2-4-12(5-3-11)26-17-24-8-7-15(27-17)18(21,22)23;/h1,6-9,11-12H,2-5H2,(H,25,28)(H,24,26,27);1H/t11-,12+;. The quantitative estimate of drug-likeness (QED) is 0.699. The molecule has 1 aromatic carbocycles. The van der Waals surface area contributed by atoms with Gasteiger partial charge in [0.2, 0.25) is 5.95 Å². The van der Waals surface area contributed by atoms with E-state index >= 15 is 0 Å². The highest BCUT2D eigenvalue weighted by Crippen LogP contribution is 2.28. The van der Waals surface area contributed by atoms with Crippen molar-refractivity contribution in [2.75, 3.05) is 5.32 Å². The molecule has 0 atom stereocenters. The number of anilines is 1. The van der Waals surface area contributed by atoms with Gasteiger partial charge in [-0.3, -0.25) is 4.79 Å². The number of carbonyl (C=O) groups excluding carboxylic acids is 1. The average Bonchev–Trinajstić information content (AvgIpc) is 2.65. The van der Waals surface area contributed by atoms with Gasteiger partial charge in [-0.2, -0.15) is 13.2 Å². The van der Waals surface area contributed by atoms with E-state index in [9.17, 15) is 26.7 Å². The Morgan fingerprint density at radius 2 is 1.66 bits per heavy atom. The summed E-state index contributed by atoms with van der Waals surface area (Å²) in [5, 5.41) is 5.65. The van der Waals surface area contributed by atoms with Gasteiger partial charge in [-0.1, -0.05) is 0 Å². The van der Waals surface area contributed by atoms with Crippen LogP contribution >= 0.6 is 12.4 Å². The molecule has 0 spiro atoms. The van der Waals surface area contributed by atoms with E-state index in [2.05, 4.69) is 20.6 Å². The van der Waals surface area contributed by atoms with E-state index in [1.807, 2.05) is 0 Å². The number of halogens is 6. The third-order valence-electron chi connectivity index (χ3n) is 4.52. The molecule has 1 aliphatic rings. The number of amides is 1. The van der Waals surface area contributed by atoms with Crippen molar-refractivity contribution in [1.82, 2.24) is 15.3 Å². The van der Waals surface area contributed by atoms with Crippen LogP contribution in [0.4, 0.5) is 27.9 Å². The van der Waals surface area contributed by atoms with Gasteiger partial charge in [-0.25, -0.2) is 18.7 Å². The maximum Gasteiger partial charge on any atom is 0.433 e. The summed E-state index contributed by atoms with van der Waals surface area (Å²) in [4.78, 5) is 19.4. The van der Waals surface area contributed by atoms with E-state index in [0.29, 0.717) is 25.7 Å². The molecule has 1 heterocycles. The highest BCUT2D eigenvalue weighted by Gasteiger charge is 2.33. The first kappa shape index (κ1) is 22.8. The van der Waals surface area contributed by atoms with Crippen LogP contribution < -0.4 is 10.6 Å². The van der Waals surface area contributed by atoms with Crippen molar-refractivity contribution >= 4 is 24.3 Å². The number of benzene rings is 1. The largest absolute Gasteiger partial charge is 0.433 e. The molecule has 11 heteroatoms. The molecule has 0 radical (unpaired) electrons. The van der Waals surface area contributed by atoms with E-state index in [0.717, 1.165) is 24.4 Å². The van der Waals surface area contributed by atoms with E-state index in [4.69, 9.17) is 0 Å². The molecule has 1 saturated carbocycles. The second-order valence-electron chi connectivity index (χ2n) is 6.56. The lowest BCUT2D eigenvalue weighted by Gasteiger charge is -2.29. The molecule has 0 bridgehead atoms. The Kier molecular flexibility index (Phi) is 7.34. The minimum atomic E-state index is -4.54. The molecule has 1 amide bonds. The van der Waals surface area contributed by atoms with Crippen LogP contribution in [0.3, 0.4) is 0 Å². The van der Waals surface area contributed by atoms with Crippen molar-refractivity contribution in [3.63, 3.8) is 0 Å². The van der Waals surface area contributed by atoms with Gasteiger partial charge in [0.1, 0.15) is 5.69 Å².